The zero-order valence-electron chi connectivity index (χ0n) is 10.9. The summed E-state index contributed by atoms with van der Waals surface area (Å²) in [6, 6.07) is 0. The molecule has 0 aromatic rings. The van der Waals surface area contributed by atoms with Crippen molar-refractivity contribution in [1.82, 2.24) is 5.32 Å². The predicted octanol–water partition coefficient (Wildman–Crippen LogP) is 1.03. The van der Waals surface area contributed by atoms with Crippen LogP contribution in [0.25, 0.3) is 0 Å². The summed E-state index contributed by atoms with van der Waals surface area (Å²) in [5.74, 6) is -1.94. The monoisotopic (exact) mass is 255 g/mol. The lowest BCUT2D eigenvalue weighted by Crippen LogP contribution is -2.30. The van der Waals surface area contributed by atoms with E-state index in [1.807, 2.05) is 13.8 Å². The molecule has 0 aromatic heterocycles. The summed E-state index contributed by atoms with van der Waals surface area (Å²) in [4.78, 5) is 22.9. The standard InChI is InChI=1S/C13H21NO4/c1-13(2)9(10(13)12(16)17)11(15)14-6-5-8-4-3-7-18-8/h8-10H,3-7H2,1-2H3,(H,14,15)(H,16,17). The van der Waals surface area contributed by atoms with Crippen LogP contribution in [0.15, 0.2) is 0 Å². The van der Waals surface area contributed by atoms with Crippen molar-refractivity contribution in [3.8, 4) is 0 Å². The fraction of sp³-hybridized carbons (Fsp3) is 0.846. The Bertz CT molecular complexity index is 347. The van der Waals surface area contributed by atoms with Gasteiger partial charge < -0.3 is 15.2 Å². The van der Waals surface area contributed by atoms with Crippen molar-refractivity contribution in [3.05, 3.63) is 0 Å². The predicted molar refractivity (Wildman–Crippen MR) is 65.0 cm³/mol. The van der Waals surface area contributed by atoms with Crippen LogP contribution in [0, 0.1) is 17.3 Å². The van der Waals surface area contributed by atoms with Crippen molar-refractivity contribution in [1.29, 1.82) is 0 Å². The van der Waals surface area contributed by atoms with Crippen LogP contribution in [0.4, 0.5) is 0 Å². The topological polar surface area (TPSA) is 75.6 Å². The van der Waals surface area contributed by atoms with E-state index in [0.717, 1.165) is 25.9 Å². The molecule has 0 spiro atoms. The van der Waals surface area contributed by atoms with Gasteiger partial charge in [-0.3, -0.25) is 9.59 Å². The van der Waals surface area contributed by atoms with Crippen LogP contribution < -0.4 is 5.32 Å². The molecule has 0 aromatic carbocycles. The zero-order valence-corrected chi connectivity index (χ0v) is 10.9. The van der Waals surface area contributed by atoms with E-state index in [-0.39, 0.29) is 17.9 Å². The lowest BCUT2D eigenvalue weighted by molar-refractivity contribution is -0.140. The fourth-order valence-corrected chi connectivity index (χ4v) is 2.93. The van der Waals surface area contributed by atoms with Gasteiger partial charge >= 0.3 is 5.97 Å². The van der Waals surface area contributed by atoms with E-state index >= 15 is 0 Å². The molecule has 102 valence electrons. The Morgan fingerprint density at radius 2 is 2.11 bits per heavy atom. The number of hydrogen-bond acceptors (Lipinski definition) is 3. The van der Waals surface area contributed by atoms with Gasteiger partial charge in [-0.25, -0.2) is 0 Å². The summed E-state index contributed by atoms with van der Waals surface area (Å²) in [5, 5.41) is 11.8. The Morgan fingerprint density at radius 1 is 1.39 bits per heavy atom. The quantitative estimate of drug-likeness (QED) is 0.769. The molecule has 5 heteroatoms. The molecule has 1 saturated heterocycles. The number of amides is 1. The highest BCUT2D eigenvalue weighted by Crippen LogP contribution is 2.58. The number of carboxylic acids is 1. The van der Waals surface area contributed by atoms with Gasteiger partial charge in [0.05, 0.1) is 17.9 Å². The summed E-state index contributed by atoms with van der Waals surface area (Å²) in [6.07, 6.45) is 3.22. The first-order valence-electron chi connectivity index (χ1n) is 6.56. The average molecular weight is 255 g/mol. The number of rotatable bonds is 5. The lowest BCUT2D eigenvalue weighted by Gasteiger charge is -2.10. The minimum atomic E-state index is -0.876. The summed E-state index contributed by atoms with van der Waals surface area (Å²) >= 11 is 0. The lowest BCUT2D eigenvalue weighted by atomic mass is 10.1. The molecule has 2 fully saturated rings. The number of carboxylic acid groups (broad SMARTS) is 1. The SMILES string of the molecule is CC1(C)C(C(=O)O)C1C(=O)NCCC1CCCO1. The number of aliphatic carboxylic acids is 1. The molecule has 1 heterocycles. The first-order valence-corrected chi connectivity index (χ1v) is 6.56. The third-order valence-electron chi connectivity index (χ3n) is 4.17. The summed E-state index contributed by atoms with van der Waals surface area (Å²) in [5.41, 5.74) is -0.417. The molecule has 0 radical (unpaired) electrons. The maximum atomic E-state index is 11.9. The van der Waals surface area contributed by atoms with E-state index < -0.39 is 17.3 Å². The van der Waals surface area contributed by atoms with Gasteiger partial charge in [0.1, 0.15) is 0 Å². The number of carbonyl (C=O) groups excluding carboxylic acids is 1. The molecular formula is C13H21NO4. The number of nitrogens with one attached hydrogen (secondary N) is 1. The van der Waals surface area contributed by atoms with Gasteiger partial charge in [-0.1, -0.05) is 13.8 Å². The highest BCUT2D eigenvalue weighted by molar-refractivity contribution is 5.91. The Kier molecular flexibility index (Phi) is 3.61. The first-order chi connectivity index (χ1) is 8.44. The minimum Gasteiger partial charge on any atom is -0.481 e. The fourth-order valence-electron chi connectivity index (χ4n) is 2.93. The molecule has 5 nitrogen and oxygen atoms in total. The normalized spacial score (nSPS) is 33.1. The van der Waals surface area contributed by atoms with Crippen LogP contribution >= 0.6 is 0 Å². The second-order valence-corrected chi connectivity index (χ2v) is 5.83. The van der Waals surface area contributed by atoms with Crippen molar-refractivity contribution in [2.24, 2.45) is 17.3 Å². The van der Waals surface area contributed by atoms with Gasteiger partial charge in [0.25, 0.3) is 0 Å². The highest BCUT2D eigenvalue weighted by Gasteiger charge is 2.65. The molecule has 1 amide bonds. The summed E-state index contributed by atoms with van der Waals surface area (Å²) in [6.45, 7) is 5.05. The Morgan fingerprint density at radius 3 is 2.61 bits per heavy atom. The second-order valence-electron chi connectivity index (χ2n) is 5.83. The van der Waals surface area contributed by atoms with E-state index in [9.17, 15) is 9.59 Å². The molecule has 3 unspecified atom stereocenters. The third-order valence-corrected chi connectivity index (χ3v) is 4.17. The van der Waals surface area contributed by atoms with Crippen LogP contribution in [-0.4, -0.2) is 36.2 Å². The van der Waals surface area contributed by atoms with Gasteiger partial charge in [-0.05, 0) is 24.7 Å². The summed E-state index contributed by atoms with van der Waals surface area (Å²) < 4.78 is 5.47. The third kappa shape index (κ3) is 2.51. The average Bonchev–Trinajstić information content (AvgIpc) is 2.65. The highest BCUT2D eigenvalue weighted by atomic mass is 16.5. The smallest absolute Gasteiger partial charge is 0.307 e. The molecular weight excluding hydrogens is 234 g/mol. The van der Waals surface area contributed by atoms with Gasteiger partial charge in [-0.15, -0.1) is 0 Å². The van der Waals surface area contributed by atoms with Crippen molar-refractivity contribution in [2.45, 2.75) is 39.2 Å². The molecule has 1 aliphatic heterocycles. The second kappa shape index (κ2) is 4.88. The first kappa shape index (κ1) is 13.3. The van der Waals surface area contributed by atoms with Crippen LogP contribution in [0.1, 0.15) is 33.1 Å². The minimum absolute atomic E-state index is 0.134. The Labute approximate surface area is 107 Å². The largest absolute Gasteiger partial charge is 0.481 e. The Hall–Kier alpha value is -1.10. The van der Waals surface area contributed by atoms with Gasteiger partial charge in [0.2, 0.25) is 5.91 Å². The molecule has 2 rings (SSSR count). The molecule has 0 bridgehead atoms. The maximum Gasteiger partial charge on any atom is 0.307 e. The van der Waals surface area contributed by atoms with Crippen molar-refractivity contribution in [3.63, 3.8) is 0 Å². The summed E-state index contributed by atoms with van der Waals surface area (Å²) in [7, 11) is 0. The number of ether oxygens (including phenoxy) is 1. The van der Waals surface area contributed by atoms with E-state index in [0.29, 0.717) is 6.54 Å². The van der Waals surface area contributed by atoms with Crippen LogP contribution in [0.3, 0.4) is 0 Å². The van der Waals surface area contributed by atoms with E-state index in [1.165, 1.54) is 0 Å². The molecule has 1 saturated carbocycles. The number of hydrogen-bond donors (Lipinski definition) is 2. The van der Waals surface area contributed by atoms with E-state index in [4.69, 9.17) is 9.84 Å². The van der Waals surface area contributed by atoms with E-state index in [1.54, 1.807) is 0 Å². The number of carbonyl (C=O) groups is 2. The van der Waals surface area contributed by atoms with Gasteiger partial charge in [0.15, 0.2) is 0 Å². The Balaban J connectivity index is 1.74. The molecule has 1 aliphatic carbocycles. The maximum absolute atomic E-state index is 11.9. The van der Waals surface area contributed by atoms with Gasteiger partial charge in [-0.2, -0.15) is 0 Å². The zero-order chi connectivity index (χ0) is 13.3. The van der Waals surface area contributed by atoms with Crippen LogP contribution in [0.2, 0.25) is 0 Å². The van der Waals surface area contributed by atoms with Crippen molar-refractivity contribution < 1.29 is 19.4 Å². The molecule has 3 atom stereocenters. The molecule has 18 heavy (non-hydrogen) atoms. The van der Waals surface area contributed by atoms with Gasteiger partial charge in [0, 0.05) is 13.2 Å². The van der Waals surface area contributed by atoms with Crippen molar-refractivity contribution >= 4 is 11.9 Å². The van der Waals surface area contributed by atoms with Crippen LogP contribution in [0.5, 0.6) is 0 Å². The molecule has 2 aliphatic rings. The van der Waals surface area contributed by atoms with Crippen LogP contribution in [-0.2, 0) is 14.3 Å². The molecule has 2 N–H and O–H groups in total. The van der Waals surface area contributed by atoms with Crippen molar-refractivity contribution in [2.75, 3.05) is 13.2 Å². The van der Waals surface area contributed by atoms with E-state index in [2.05, 4.69) is 5.32 Å².